The summed E-state index contributed by atoms with van der Waals surface area (Å²) >= 11 is 0. The molecule has 23 heavy (non-hydrogen) atoms. The van der Waals surface area contributed by atoms with Gasteiger partial charge in [-0.05, 0) is 38.0 Å². The highest BCUT2D eigenvalue weighted by atomic mass is 16.5. The number of nitriles is 1. The van der Waals surface area contributed by atoms with Crippen LogP contribution in [0.2, 0.25) is 0 Å². The van der Waals surface area contributed by atoms with Gasteiger partial charge in [-0.15, -0.1) is 0 Å². The molecule has 0 heterocycles. The Morgan fingerprint density at radius 2 is 2.04 bits per heavy atom. The standard InChI is InChI=1S/C17H20N2O4/c1-11-4-5-12(2)16(8-11)22-7-6-17(21)23-10-15(20)14(9-18)13(3)19/h4-5,8,14,19H,6-7,10H2,1-3H3/t14-/m0/s1. The quantitative estimate of drug-likeness (QED) is 0.586. The highest BCUT2D eigenvalue weighted by Crippen LogP contribution is 2.19. The van der Waals surface area contributed by atoms with Crippen molar-refractivity contribution < 1.29 is 19.1 Å². The molecule has 1 rings (SSSR count). The Morgan fingerprint density at radius 1 is 1.35 bits per heavy atom. The SMILES string of the molecule is CC(=N)[C@H](C#N)C(=O)COC(=O)CCOc1cc(C)ccc1C. The molecule has 0 aliphatic heterocycles. The number of esters is 1. The molecule has 6 heteroatoms. The third-order valence-electron chi connectivity index (χ3n) is 3.17. The second-order valence-electron chi connectivity index (χ2n) is 5.24. The Labute approximate surface area is 135 Å². The first-order valence-electron chi connectivity index (χ1n) is 7.18. The number of carbonyl (C=O) groups excluding carboxylic acids is 2. The predicted molar refractivity (Wildman–Crippen MR) is 84.5 cm³/mol. The van der Waals surface area contributed by atoms with E-state index >= 15 is 0 Å². The zero-order valence-corrected chi connectivity index (χ0v) is 13.5. The highest BCUT2D eigenvalue weighted by Gasteiger charge is 2.21. The van der Waals surface area contributed by atoms with Crippen molar-refractivity contribution in [2.45, 2.75) is 27.2 Å². The van der Waals surface area contributed by atoms with Crippen LogP contribution in [0, 0.1) is 36.5 Å². The van der Waals surface area contributed by atoms with Crippen LogP contribution in [0.5, 0.6) is 5.75 Å². The molecule has 1 aromatic carbocycles. The van der Waals surface area contributed by atoms with Crippen LogP contribution in [0.3, 0.4) is 0 Å². The van der Waals surface area contributed by atoms with E-state index in [2.05, 4.69) is 0 Å². The maximum Gasteiger partial charge on any atom is 0.309 e. The minimum Gasteiger partial charge on any atom is -0.493 e. The molecule has 0 radical (unpaired) electrons. The summed E-state index contributed by atoms with van der Waals surface area (Å²) in [6, 6.07) is 7.50. The molecular formula is C17H20N2O4. The first kappa shape index (κ1) is 18.4. The third-order valence-corrected chi connectivity index (χ3v) is 3.17. The summed E-state index contributed by atoms with van der Waals surface area (Å²) in [5, 5.41) is 16.1. The first-order valence-corrected chi connectivity index (χ1v) is 7.18. The summed E-state index contributed by atoms with van der Waals surface area (Å²) in [4.78, 5) is 23.2. The van der Waals surface area contributed by atoms with Gasteiger partial charge >= 0.3 is 5.97 Å². The number of nitrogens with one attached hydrogen (secondary N) is 1. The van der Waals surface area contributed by atoms with Gasteiger partial charge in [0, 0.05) is 5.71 Å². The fourth-order valence-corrected chi connectivity index (χ4v) is 1.82. The van der Waals surface area contributed by atoms with Crippen molar-refractivity contribution in [3.8, 4) is 11.8 Å². The Balaban J connectivity index is 2.38. The largest absolute Gasteiger partial charge is 0.493 e. The Kier molecular flexibility index (Phi) is 6.94. The van der Waals surface area contributed by atoms with E-state index in [1.807, 2.05) is 32.0 Å². The lowest BCUT2D eigenvalue weighted by atomic mass is 10.0. The monoisotopic (exact) mass is 316 g/mol. The van der Waals surface area contributed by atoms with Gasteiger partial charge < -0.3 is 14.9 Å². The molecule has 0 saturated heterocycles. The van der Waals surface area contributed by atoms with Crippen molar-refractivity contribution in [2.75, 3.05) is 13.2 Å². The number of ether oxygens (including phenoxy) is 2. The fourth-order valence-electron chi connectivity index (χ4n) is 1.82. The number of hydrogen-bond acceptors (Lipinski definition) is 6. The third kappa shape index (κ3) is 5.91. The van der Waals surface area contributed by atoms with E-state index in [-0.39, 0.29) is 18.7 Å². The maximum atomic E-state index is 11.6. The molecule has 1 atom stereocenters. The van der Waals surface area contributed by atoms with Gasteiger partial charge in [0.25, 0.3) is 0 Å². The van der Waals surface area contributed by atoms with E-state index in [4.69, 9.17) is 20.1 Å². The van der Waals surface area contributed by atoms with Crippen molar-refractivity contribution in [1.82, 2.24) is 0 Å². The van der Waals surface area contributed by atoms with E-state index in [0.29, 0.717) is 5.75 Å². The van der Waals surface area contributed by atoms with Gasteiger partial charge in [0.05, 0.1) is 19.1 Å². The molecule has 0 unspecified atom stereocenters. The summed E-state index contributed by atoms with van der Waals surface area (Å²) in [6.07, 6.45) is 0.00144. The summed E-state index contributed by atoms with van der Waals surface area (Å²) < 4.78 is 10.3. The van der Waals surface area contributed by atoms with Crippen molar-refractivity contribution in [2.24, 2.45) is 5.92 Å². The molecule has 1 N–H and O–H groups in total. The molecule has 1 aromatic rings. The van der Waals surface area contributed by atoms with Crippen LogP contribution in [-0.2, 0) is 14.3 Å². The van der Waals surface area contributed by atoms with Crippen molar-refractivity contribution >= 4 is 17.5 Å². The lowest BCUT2D eigenvalue weighted by Crippen LogP contribution is -2.25. The molecule has 6 nitrogen and oxygen atoms in total. The molecule has 0 bridgehead atoms. The van der Waals surface area contributed by atoms with Crippen LogP contribution in [0.25, 0.3) is 0 Å². The molecule has 0 amide bonds. The number of Topliss-reactive ketones (excluding diaryl/α,β-unsaturated/α-hetero) is 1. The molecular weight excluding hydrogens is 296 g/mol. The molecule has 0 fully saturated rings. The second-order valence-corrected chi connectivity index (χ2v) is 5.24. The van der Waals surface area contributed by atoms with Crippen LogP contribution in [0.4, 0.5) is 0 Å². The Bertz CT molecular complexity index is 646. The lowest BCUT2D eigenvalue weighted by molar-refractivity contribution is -0.148. The van der Waals surface area contributed by atoms with Crippen LogP contribution >= 0.6 is 0 Å². The Morgan fingerprint density at radius 3 is 2.65 bits per heavy atom. The molecule has 0 saturated carbocycles. The zero-order chi connectivity index (χ0) is 17.4. The first-order chi connectivity index (χ1) is 10.8. The molecule has 0 spiro atoms. The van der Waals surface area contributed by atoms with Gasteiger partial charge in [0.15, 0.2) is 12.4 Å². The smallest absolute Gasteiger partial charge is 0.309 e. The summed E-state index contributed by atoms with van der Waals surface area (Å²) in [5.74, 6) is -1.63. The summed E-state index contributed by atoms with van der Waals surface area (Å²) in [5.41, 5.74) is 1.97. The predicted octanol–water partition coefficient (Wildman–Crippen LogP) is 2.36. The van der Waals surface area contributed by atoms with Gasteiger partial charge in [-0.3, -0.25) is 9.59 Å². The average molecular weight is 316 g/mol. The van der Waals surface area contributed by atoms with E-state index in [9.17, 15) is 9.59 Å². The molecule has 0 aromatic heterocycles. The van der Waals surface area contributed by atoms with E-state index in [1.54, 1.807) is 6.07 Å². The van der Waals surface area contributed by atoms with Gasteiger partial charge in [-0.2, -0.15) is 5.26 Å². The zero-order valence-electron chi connectivity index (χ0n) is 13.5. The average Bonchev–Trinajstić information content (AvgIpc) is 2.49. The van der Waals surface area contributed by atoms with Crippen molar-refractivity contribution in [3.05, 3.63) is 29.3 Å². The molecule has 0 aliphatic carbocycles. The number of hydrogen-bond donors (Lipinski definition) is 1. The van der Waals surface area contributed by atoms with Crippen molar-refractivity contribution in [1.29, 1.82) is 10.7 Å². The van der Waals surface area contributed by atoms with Gasteiger partial charge in [0.2, 0.25) is 0 Å². The van der Waals surface area contributed by atoms with Gasteiger partial charge in [0.1, 0.15) is 11.7 Å². The van der Waals surface area contributed by atoms with E-state index < -0.39 is 24.3 Å². The summed E-state index contributed by atoms with van der Waals surface area (Å²) in [7, 11) is 0. The minimum atomic E-state index is -1.16. The number of nitrogens with zero attached hydrogens (tertiary/aromatic N) is 1. The molecule has 0 aliphatic rings. The van der Waals surface area contributed by atoms with Crippen LogP contribution in [-0.4, -0.2) is 30.7 Å². The normalized spacial score (nSPS) is 11.2. The number of ketones is 1. The van der Waals surface area contributed by atoms with Gasteiger partial charge in [-0.1, -0.05) is 12.1 Å². The Hall–Kier alpha value is -2.68. The fraction of sp³-hybridized carbons (Fsp3) is 0.412. The maximum absolute atomic E-state index is 11.6. The number of aryl methyl sites for hydroxylation is 2. The second kappa shape index (κ2) is 8.69. The van der Waals surface area contributed by atoms with E-state index in [1.165, 1.54) is 6.92 Å². The minimum absolute atomic E-state index is 0.00144. The topological polar surface area (TPSA) is 100 Å². The van der Waals surface area contributed by atoms with Crippen molar-refractivity contribution in [3.63, 3.8) is 0 Å². The lowest BCUT2D eigenvalue weighted by Gasteiger charge is -2.10. The molecule has 122 valence electrons. The highest BCUT2D eigenvalue weighted by molar-refractivity contribution is 6.05. The van der Waals surface area contributed by atoms with Gasteiger partial charge in [-0.25, -0.2) is 0 Å². The van der Waals surface area contributed by atoms with Crippen LogP contribution in [0.1, 0.15) is 24.5 Å². The van der Waals surface area contributed by atoms with Crippen LogP contribution in [0.15, 0.2) is 18.2 Å². The number of carbonyl (C=O) groups is 2. The summed E-state index contributed by atoms with van der Waals surface area (Å²) in [6.45, 7) is 4.86. The number of benzene rings is 1. The van der Waals surface area contributed by atoms with E-state index in [0.717, 1.165) is 11.1 Å². The van der Waals surface area contributed by atoms with Crippen LogP contribution < -0.4 is 4.74 Å². The number of rotatable bonds is 8.